The van der Waals surface area contributed by atoms with E-state index in [2.05, 4.69) is 33.0 Å². The van der Waals surface area contributed by atoms with Gasteiger partial charge in [0.05, 0.1) is 0 Å². The van der Waals surface area contributed by atoms with Gasteiger partial charge in [-0.05, 0) is 43.0 Å². The van der Waals surface area contributed by atoms with E-state index in [1.165, 1.54) is 0 Å². The number of hydrogen-bond acceptors (Lipinski definition) is 2. The molecule has 0 aliphatic rings. The van der Waals surface area contributed by atoms with Crippen LogP contribution in [0, 0.1) is 12.3 Å². The Bertz CT molecular complexity index is 447. The van der Waals surface area contributed by atoms with E-state index in [1.807, 2.05) is 32.2 Å². The molecule has 3 heteroatoms. The fraction of sp³-hybridized carbons (Fsp3) is 0.562. The summed E-state index contributed by atoms with van der Waals surface area (Å²) in [4.78, 5) is 14.1. The van der Waals surface area contributed by atoms with Crippen molar-refractivity contribution in [1.82, 2.24) is 4.90 Å². The van der Waals surface area contributed by atoms with Crippen LogP contribution >= 0.6 is 0 Å². The molecule has 0 atom stereocenters. The smallest absolute Gasteiger partial charge is 0.253 e. The van der Waals surface area contributed by atoms with Crippen molar-refractivity contribution in [3.63, 3.8) is 0 Å². The summed E-state index contributed by atoms with van der Waals surface area (Å²) in [5, 5.41) is 3.28. The zero-order chi connectivity index (χ0) is 14.6. The Labute approximate surface area is 117 Å². The summed E-state index contributed by atoms with van der Waals surface area (Å²) in [5.74, 6) is 0.0843. The number of rotatable bonds is 4. The predicted octanol–water partition coefficient (Wildman–Crippen LogP) is 3.54. The van der Waals surface area contributed by atoms with Crippen molar-refractivity contribution >= 4 is 11.6 Å². The van der Waals surface area contributed by atoms with Crippen LogP contribution in [0.3, 0.4) is 0 Å². The minimum atomic E-state index is 0.0843. The van der Waals surface area contributed by atoms with E-state index in [4.69, 9.17) is 0 Å². The molecule has 1 rings (SSSR count). The van der Waals surface area contributed by atoms with Gasteiger partial charge in [0.2, 0.25) is 0 Å². The minimum Gasteiger partial charge on any atom is -0.385 e. The molecule has 106 valence electrons. The van der Waals surface area contributed by atoms with E-state index in [0.717, 1.165) is 29.9 Å². The molecular weight excluding hydrogens is 236 g/mol. The second kappa shape index (κ2) is 6.09. The van der Waals surface area contributed by atoms with Crippen molar-refractivity contribution in [2.45, 2.75) is 34.6 Å². The lowest BCUT2D eigenvalue weighted by Crippen LogP contribution is -2.34. The molecule has 0 spiro atoms. The largest absolute Gasteiger partial charge is 0.385 e. The first-order chi connectivity index (χ1) is 8.74. The quantitative estimate of drug-likeness (QED) is 0.900. The zero-order valence-corrected chi connectivity index (χ0v) is 13.0. The van der Waals surface area contributed by atoms with Crippen LogP contribution in [0.15, 0.2) is 18.2 Å². The standard InChI is InChI=1S/C16H26N2O/c1-7-17-14-9-8-13(10-12(14)2)15(19)18(6)11-16(3,4)5/h8-10,17H,7,11H2,1-6H3. The highest BCUT2D eigenvalue weighted by atomic mass is 16.2. The zero-order valence-electron chi connectivity index (χ0n) is 13.0. The van der Waals surface area contributed by atoms with Gasteiger partial charge in [-0.15, -0.1) is 0 Å². The first kappa shape index (κ1) is 15.5. The van der Waals surface area contributed by atoms with Gasteiger partial charge in [0.25, 0.3) is 5.91 Å². The van der Waals surface area contributed by atoms with Crippen molar-refractivity contribution < 1.29 is 4.79 Å². The van der Waals surface area contributed by atoms with Gasteiger partial charge in [-0.3, -0.25) is 4.79 Å². The molecule has 0 aromatic heterocycles. The van der Waals surface area contributed by atoms with E-state index >= 15 is 0 Å². The number of benzene rings is 1. The molecule has 0 saturated heterocycles. The first-order valence-corrected chi connectivity index (χ1v) is 6.84. The van der Waals surface area contributed by atoms with Gasteiger partial charge >= 0.3 is 0 Å². The molecule has 1 aromatic rings. The van der Waals surface area contributed by atoms with Gasteiger partial charge in [-0.1, -0.05) is 20.8 Å². The number of nitrogens with zero attached hydrogens (tertiary/aromatic N) is 1. The number of anilines is 1. The van der Waals surface area contributed by atoms with Crippen LogP contribution in [0.2, 0.25) is 0 Å². The number of hydrogen-bond donors (Lipinski definition) is 1. The van der Waals surface area contributed by atoms with Crippen LogP contribution < -0.4 is 5.32 Å². The SMILES string of the molecule is CCNc1ccc(C(=O)N(C)CC(C)(C)C)cc1C. The van der Waals surface area contributed by atoms with E-state index < -0.39 is 0 Å². The molecule has 0 aliphatic heterocycles. The van der Waals surface area contributed by atoms with E-state index in [0.29, 0.717) is 0 Å². The average Bonchev–Trinajstić information content (AvgIpc) is 2.29. The predicted molar refractivity (Wildman–Crippen MR) is 81.8 cm³/mol. The Morgan fingerprint density at radius 2 is 1.95 bits per heavy atom. The third-order valence-electron chi connectivity index (χ3n) is 2.90. The monoisotopic (exact) mass is 262 g/mol. The maximum Gasteiger partial charge on any atom is 0.253 e. The normalized spacial score (nSPS) is 11.3. The Balaban J connectivity index is 2.86. The minimum absolute atomic E-state index is 0.0843. The van der Waals surface area contributed by atoms with Crippen molar-refractivity contribution in [1.29, 1.82) is 0 Å². The van der Waals surface area contributed by atoms with Gasteiger partial charge in [0.15, 0.2) is 0 Å². The van der Waals surface area contributed by atoms with Crippen LogP contribution in [0.4, 0.5) is 5.69 Å². The molecule has 0 radical (unpaired) electrons. The molecule has 0 unspecified atom stereocenters. The van der Waals surface area contributed by atoms with Crippen molar-refractivity contribution in [3.05, 3.63) is 29.3 Å². The molecule has 3 nitrogen and oxygen atoms in total. The highest BCUT2D eigenvalue weighted by Crippen LogP contribution is 2.19. The summed E-state index contributed by atoms with van der Waals surface area (Å²) in [6.07, 6.45) is 0. The van der Waals surface area contributed by atoms with Crippen molar-refractivity contribution in [2.75, 3.05) is 25.5 Å². The van der Waals surface area contributed by atoms with Crippen molar-refractivity contribution in [3.8, 4) is 0 Å². The van der Waals surface area contributed by atoms with Gasteiger partial charge < -0.3 is 10.2 Å². The molecule has 0 heterocycles. The summed E-state index contributed by atoms with van der Waals surface area (Å²) in [6.45, 7) is 12.1. The summed E-state index contributed by atoms with van der Waals surface area (Å²) < 4.78 is 0. The highest BCUT2D eigenvalue weighted by Gasteiger charge is 2.19. The van der Waals surface area contributed by atoms with Crippen LogP contribution in [-0.4, -0.2) is 30.9 Å². The maximum absolute atomic E-state index is 12.3. The third kappa shape index (κ3) is 4.58. The molecule has 19 heavy (non-hydrogen) atoms. The molecule has 1 amide bonds. The molecule has 0 bridgehead atoms. The lowest BCUT2D eigenvalue weighted by Gasteiger charge is -2.26. The third-order valence-corrected chi connectivity index (χ3v) is 2.90. The maximum atomic E-state index is 12.3. The average molecular weight is 262 g/mol. The molecule has 0 saturated carbocycles. The summed E-state index contributed by atoms with van der Waals surface area (Å²) in [7, 11) is 1.86. The lowest BCUT2D eigenvalue weighted by atomic mass is 9.96. The van der Waals surface area contributed by atoms with Crippen LogP contribution in [-0.2, 0) is 0 Å². The summed E-state index contributed by atoms with van der Waals surface area (Å²) >= 11 is 0. The van der Waals surface area contributed by atoms with E-state index in [1.54, 1.807) is 4.90 Å². The topological polar surface area (TPSA) is 32.3 Å². The Hall–Kier alpha value is -1.51. The fourth-order valence-corrected chi connectivity index (χ4v) is 2.19. The van der Waals surface area contributed by atoms with Crippen molar-refractivity contribution in [2.24, 2.45) is 5.41 Å². The Kier molecular flexibility index (Phi) is 4.98. The molecule has 0 aliphatic carbocycles. The first-order valence-electron chi connectivity index (χ1n) is 6.84. The van der Waals surface area contributed by atoms with Gasteiger partial charge in [0.1, 0.15) is 0 Å². The lowest BCUT2D eigenvalue weighted by molar-refractivity contribution is 0.0745. The highest BCUT2D eigenvalue weighted by molar-refractivity contribution is 5.94. The van der Waals surface area contributed by atoms with Crippen LogP contribution in [0.1, 0.15) is 43.6 Å². The summed E-state index contributed by atoms with van der Waals surface area (Å²) in [5.41, 5.74) is 3.07. The number of amides is 1. The van der Waals surface area contributed by atoms with E-state index in [-0.39, 0.29) is 11.3 Å². The van der Waals surface area contributed by atoms with Gasteiger partial charge in [-0.25, -0.2) is 0 Å². The second-order valence-electron chi connectivity index (χ2n) is 6.28. The number of carbonyl (C=O) groups is 1. The number of carbonyl (C=O) groups excluding carboxylic acids is 1. The molecule has 1 N–H and O–H groups in total. The Morgan fingerprint density at radius 3 is 2.42 bits per heavy atom. The van der Waals surface area contributed by atoms with Gasteiger partial charge in [-0.2, -0.15) is 0 Å². The second-order valence-corrected chi connectivity index (χ2v) is 6.28. The molecule has 0 fully saturated rings. The fourth-order valence-electron chi connectivity index (χ4n) is 2.19. The number of aryl methyl sites for hydroxylation is 1. The van der Waals surface area contributed by atoms with Crippen LogP contribution in [0.5, 0.6) is 0 Å². The number of nitrogens with one attached hydrogen (secondary N) is 1. The van der Waals surface area contributed by atoms with Gasteiger partial charge in [0, 0.05) is 31.4 Å². The van der Waals surface area contributed by atoms with E-state index in [9.17, 15) is 4.79 Å². The Morgan fingerprint density at radius 1 is 1.32 bits per heavy atom. The summed E-state index contributed by atoms with van der Waals surface area (Å²) in [6, 6.07) is 5.84. The molecular formula is C16H26N2O. The molecule has 1 aromatic carbocycles. The van der Waals surface area contributed by atoms with Crippen LogP contribution in [0.25, 0.3) is 0 Å².